The molecule has 0 aliphatic carbocycles. The average Bonchev–Trinajstić information content (AvgIpc) is 2.74. The first-order chi connectivity index (χ1) is 14.6. The number of benzene rings is 1. The van der Waals surface area contributed by atoms with E-state index in [1.165, 1.54) is 120 Å². The molecule has 180 valence electrons. The highest BCUT2D eigenvalue weighted by Gasteiger charge is 2.16. The van der Waals surface area contributed by atoms with Crippen LogP contribution in [0.3, 0.4) is 0 Å². The maximum atomic E-state index is 3.88. The van der Waals surface area contributed by atoms with Crippen LogP contribution >= 0.6 is 0 Å². The lowest BCUT2D eigenvalue weighted by Crippen LogP contribution is -3.00. The molecule has 1 aromatic rings. The number of unbranched alkanes of at least 4 members (excludes halogenated alkanes) is 15. The average molecular weight is 450 g/mol. The molecule has 2 heteroatoms. The molecule has 1 aromatic carbocycles. The fourth-order valence-corrected chi connectivity index (χ4v) is 4.37. The molecule has 0 saturated carbocycles. The van der Waals surface area contributed by atoms with Crippen LogP contribution in [0.25, 0.3) is 0 Å². The Morgan fingerprint density at radius 3 is 1.42 bits per heavy atom. The Morgan fingerprint density at radius 2 is 1.03 bits per heavy atom. The minimum Gasteiger partial charge on any atom is -1.00 e. The van der Waals surface area contributed by atoms with Gasteiger partial charge in [0, 0.05) is 0 Å². The van der Waals surface area contributed by atoms with Crippen LogP contribution in [0.15, 0.2) is 36.9 Å². The molecule has 1 nitrogen and oxygen atoms in total. The lowest BCUT2D eigenvalue weighted by Gasteiger charge is -2.27. The molecule has 0 fully saturated rings. The second kappa shape index (κ2) is 19.9. The zero-order valence-corrected chi connectivity index (χ0v) is 21.9. The van der Waals surface area contributed by atoms with E-state index in [9.17, 15) is 0 Å². The van der Waals surface area contributed by atoms with E-state index in [1.807, 2.05) is 6.08 Å². The number of likely N-dealkylation sites (N-methyl/N-ethyl adjacent to an activating group) is 1. The van der Waals surface area contributed by atoms with Gasteiger partial charge in [0.25, 0.3) is 0 Å². The molecule has 0 bridgehead atoms. The van der Waals surface area contributed by atoms with E-state index in [2.05, 4.69) is 51.9 Å². The standard InChI is InChI=1S/C29H52N.ClH/c1-5-7-8-9-10-11-12-13-14-15-16-17-18-19-20-21-22-28-23-25-29(26-24-28)30(3,4)27-6-2;/h6,23-26H,2,5,7-22,27H2,1,3-4H3;1H/q+1;/p-1. The Hall–Kier alpha value is -0.790. The van der Waals surface area contributed by atoms with Crippen LogP contribution in [0.4, 0.5) is 5.69 Å². The number of quaternary nitrogens is 1. The smallest absolute Gasteiger partial charge is 0.132 e. The van der Waals surface area contributed by atoms with Gasteiger partial charge in [0.15, 0.2) is 0 Å². The summed E-state index contributed by atoms with van der Waals surface area (Å²) in [6.45, 7) is 7.15. The van der Waals surface area contributed by atoms with Crippen molar-refractivity contribution in [3.05, 3.63) is 42.5 Å². The Balaban J connectivity index is 0.00000900. The number of aryl methyl sites for hydroxylation is 1. The van der Waals surface area contributed by atoms with E-state index in [0.717, 1.165) is 11.0 Å². The van der Waals surface area contributed by atoms with Gasteiger partial charge in [0.2, 0.25) is 0 Å². The van der Waals surface area contributed by atoms with Gasteiger partial charge >= 0.3 is 0 Å². The fourth-order valence-electron chi connectivity index (χ4n) is 4.37. The van der Waals surface area contributed by atoms with Crippen molar-refractivity contribution in [2.75, 3.05) is 20.6 Å². The zero-order valence-electron chi connectivity index (χ0n) is 21.1. The maximum Gasteiger partial charge on any atom is 0.132 e. The van der Waals surface area contributed by atoms with Gasteiger partial charge in [-0.15, -0.1) is 0 Å². The first kappa shape index (κ1) is 30.2. The van der Waals surface area contributed by atoms with E-state index in [0.29, 0.717) is 0 Å². The topological polar surface area (TPSA) is 0 Å². The van der Waals surface area contributed by atoms with Crippen LogP contribution in [0.1, 0.15) is 115 Å². The second-order valence-electron chi connectivity index (χ2n) is 9.88. The molecule has 0 N–H and O–H groups in total. The van der Waals surface area contributed by atoms with Crippen LogP contribution in [0, 0.1) is 0 Å². The second-order valence-corrected chi connectivity index (χ2v) is 9.88. The minimum absolute atomic E-state index is 0. The van der Waals surface area contributed by atoms with Crippen LogP contribution in [-0.4, -0.2) is 20.6 Å². The summed E-state index contributed by atoms with van der Waals surface area (Å²) in [5.74, 6) is 0. The lowest BCUT2D eigenvalue weighted by molar-refractivity contribution is -0.00000669. The monoisotopic (exact) mass is 449 g/mol. The summed E-state index contributed by atoms with van der Waals surface area (Å²) in [5, 5.41) is 0. The SMILES string of the molecule is C=CC[N+](C)(C)c1ccc(CCCCCCCCCCCCCCCCCC)cc1.[Cl-]. The van der Waals surface area contributed by atoms with Gasteiger partial charge in [-0.3, -0.25) is 4.48 Å². The number of rotatable bonds is 20. The molecule has 0 aromatic heterocycles. The molecular weight excluding hydrogens is 398 g/mol. The number of hydrogen-bond acceptors (Lipinski definition) is 0. The van der Waals surface area contributed by atoms with Gasteiger partial charge in [-0.1, -0.05) is 122 Å². The molecule has 0 spiro atoms. The van der Waals surface area contributed by atoms with Gasteiger partial charge in [0.1, 0.15) is 12.2 Å². The summed E-state index contributed by atoms with van der Waals surface area (Å²) in [7, 11) is 4.48. The maximum absolute atomic E-state index is 3.88. The Morgan fingerprint density at radius 1 is 0.645 bits per heavy atom. The predicted octanol–water partition coefficient (Wildman–Crippen LogP) is 6.25. The molecule has 0 heterocycles. The molecular formula is C29H52ClN. The molecule has 0 radical (unpaired) electrons. The van der Waals surface area contributed by atoms with Gasteiger partial charge in [0.05, 0.1) is 14.1 Å². The molecule has 1 rings (SSSR count). The third kappa shape index (κ3) is 15.6. The molecule has 0 aliphatic rings. The molecule has 0 saturated heterocycles. The van der Waals surface area contributed by atoms with Crippen molar-refractivity contribution >= 4 is 5.69 Å². The van der Waals surface area contributed by atoms with Crippen LogP contribution < -0.4 is 16.9 Å². The molecule has 0 unspecified atom stereocenters. The summed E-state index contributed by atoms with van der Waals surface area (Å²) in [6, 6.07) is 9.24. The van der Waals surface area contributed by atoms with Crippen molar-refractivity contribution in [1.82, 2.24) is 4.48 Å². The number of halogens is 1. The minimum atomic E-state index is 0. The summed E-state index contributed by atoms with van der Waals surface area (Å²) in [6.07, 6.45) is 26.2. The van der Waals surface area contributed by atoms with Gasteiger partial charge in [-0.2, -0.15) is 0 Å². The number of hydrogen-bond donors (Lipinski definition) is 0. The van der Waals surface area contributed by atoms with Crippen molar-refractivity contribution in [1.29, 1.82) is 0 Å². The van der Waals surface area contributed by atoms with Gasteiger partial charge in [-0.25, -0.2) is 0 Å². The van der Waals surface area contributed by atoms with E-state index in [-0.39, 0.29) is 12.4 Å². The Kier molecular flexibility index (Phi) is 19.4. The van der Waals surface area contributed by atoms with Crippen molar-refractivity contribution in [3.8, 4) is 0 Å². The third-order valence-electron chi connectivity index (χ3n) is 6.54. The van der Waals surface area contributed by atoms with E-state index < -0.39 is 0 Å². The van der Waals surface area contributed by atoms with Crippen molar-refractivity contribution < 1.29 is 12.4 Å². The predicted molar refractivity (Wildman–Crippen MR) is 138 cm³/mol. The summed E-state index contributed by atoms with van der Waals surface area (Å²) in [4.78, 5) is 0. The van der Waals surface area contributed by atoms with Gasteiger partial charge in [-0.05, 0) is 36.6 Å². The summed E-state index contributed by atoms with van der Waals surface area (Å²) in [5.41, 5.74) is 2.85. The first-order valence-corrected chi connectivity index (χ1v) is 13.1. The lowest BCUT2D eigenvalue weighted by atomic mass is 10.0. The van der Waals surface area contributed by atoms with Crippen molar-refractivity contribution in [2.45, 2.75) is 116 Å². The van der Waals surface area contributed by atoms with E-state index >= 15 is 0 Å². The highest BCUT2D eigenvalue weighted by atomic mass is 35.5. The molecule has 31 heavy (non-hydrogen) atoms. The van der Waals surface area contributed by atoms with Crippen LogP contribution in [0.2, 0.25) is 0 Å². The zero-order chi connectivity index (χ0) is 21.9. The number of nitrogens with zero attached hydrogens (tertiary/aromatic N) is 1. The normalized spacial score (nSPS) is 11.3. The third-order valence-corrected chi connectivity index (χ3v) is 6.54. The van der Waals surface area contributed by atoms with Crippen molar-refractivity contribution in [3.63, 3.8) is 0 Å². The Bertz CT molecular complexity index is 520. The Labute approximate surface area is 201 Å². The van der Waals surface area contributed by atoms with Crippen molar-refractivity contribution in [2.24, 2.45) is 0 Å². The molecule has 0 amide bonds. The first-order valence-electron chi connectivity index (χ1n) is 13.1. The fraction of sp³-hybridized carbons (Fsp3) is 0.724. The highest BCUT2D eigenvalue weighted by Crippen LogP contribution is 2.20. The molecule has 0 atom stereocenters. The summed E-state index contributed by atoms with van der Waals surface area (Å²) < 4.78 is 0.878. The quantitative estimate of drug-likeness (QED) is 0.125. The van der Waals surface area contributed by atoms with Crippen LogP contribution in [0.5, 0.6) is 0 Å². The van der Waals surface area contributed by atoms with Gasteiger partial charge < -0.3 is 12.4 Å². The van der Waals surface area contributed by atoms with E-state index in [1.54, 1.807) is 0 Å². The van der Waals surface area contributed by atoms with E-state index in [4.69, 9.17) is 0 Å². The summed E-state index contributed by atoms with van der Waals surface area (Å²) >= 11 is 0. The highest BCUT2D eigenvalue weighted by molar-refractivity contribution is 5.43. The van der Waals surface area contributed by atoms with Crippen LogP contribution in [-0.2, 0) is 6.42 Å². The molecule has 0 aliphatic heterocycles. The largest absolute Gasteiger partial charge is 1.00 e.